The molecule has 0 saturated carbocycles. The molecule has 0 aliphatic rings. The smallest absolute Gasteiger partial charge is 0.344 e. The number of benzene rings is 3. The van der Waals surface area contributed by atoms with Crippen molar-refractivity contribution in [3.8, 4) is 5.75 Å². The van der Waals surface area contributed by atoms with E-state index in [9.17, 15) is 18.3 Å². The zero-order valence-electron chi connectivity index (χ0n) is 17.0. The third-order valence-electron chi connectivity index (χ3n) is 4.71. The molecule has 0 aliphatic carbocycles. The molecule has 7 heteroatoms. The highest BCUT2D eigenvalue weighted by Crippen LogP contribution is 2.26. The van der Waals surface area contributed by atoms with E-state index in [-0.39, 0.29) is 18.7 Å². The van der Waals surface area contributed by atoms with E-state index < -0.39 is 21.9 Å². The van der Waals surface area contributed by atoms with E-state index in [1.54, 1.807) is 12.1 Å². The largest absolute Gasteiger partial charge is 0.479 e. The first-order valence-corrected chi connectivity index (χ1v) is 11.7. The van der Waals surface area contributed by atoms with Crippen molar-refractivity contribution in [2.75, 3.05) is 18.8 Å². The molecule has 1 unspecified atom stereocenters. The average molecular weight is 440 g/mol. The van der Waals surface area contributed by atoms with Gasteiger partial charge in [-0.25, -0.2) is 13.2 Å². The maximum absolute atomic E-state index is 12.1. The number of fused-ring (bicyclic) bond motifs is 1. The Bertz CT molecular complexity index is 1140. The first-order valence-electron chi connectivity index (χ1n) is 9.98. The topological polar surface area (TPSA) is 92.7 Å². The SMILES string of the molecule is O=C(O)C(CCNCCS(=O)(=O)C=Cc1ccccc1)Oc1cccc2ccccc12. The number of hydrogen-bond donors (Lipinski definition) is 2. The van der Waals surface area contributed by atoms with Gasteiger partial charge in [-0.3, -0.25) is 0 Å². The molecule has 2 N–H and O–H groups in total. The standard InChI is InChI=1S/C24H25NO5S/c26-24(27)23(30-22-12-6-10-20-9-4-5-11-21(20)22)13-15-25-16-18-31(28,29)17-14-19-7-2-1-3-8-19/h1-12,14,17,23,25H,13,15-16,18H2,(H,26,27). The summed E-state index contributed by atoms with van der Waals surface area (Å²) in [4.78, 5) is 11.6. The van der Waals surface area contributed by atoms with E-state index in [1.165, 1.54) is 5.41 Å². The minimum atomic E-state index is -3.36. The van der Waals surface area contributed by atoms with Gasteiger partial charge < -0.3 is 15.2 Å². The van der Waals surface area contributed by atoms with Crippen molar-refractivity contribution in [3.63, 3.8) is 0 Å². The molecule has 3 rings (SSSR count). The quantitative estimate of drug-likeness (QED) is 0.442. The van der Waals surface area contributed by atoms with Gasteiger partial charge in [-0.1, -0.05) is 66.7 Å². The molecular formula is C24H25NO5S. The second-order valence-corrected chi connectivity index (χ2v) is 9.05. The predicted octanol–water partition coefficient (Wildman–Crippen LogP) is 3.74. The maximum Gasteiger partial charge on any atom is 0.344 e. The van der Waals surface area contributed by atoms with Crippen LogP contribution in [0.1, 0.15) is 12.0 Å². The number of ether oxygens (including phenoxy) is 1. The molecule has 0 amide bonds. The van der Waals surface area contributed by atoms with Crippen LogP contribution in [0, 0.1) is 0 Å². The van der Waals surface area contributed by atoms with Gasteiger partial charge in [0.25, 0.3) is 0 Å². The minimum absolute atomic E-state index is 0.0712. The van der Waals surface area contributed by atoms with Crippen molar-refractivity contribution in [1.29, 1.82) is 0 Å². The average Bonchev–Trinajstić information content (AvgIpc) is 2.77. The number of carbonyl (C=O) groups is 1. The van der Waals surface area contributed by atoms with E-state index >= 15 is 0 Å². The van der Waals surface area contributed by atoms with Crippen LogP contribution in [-0.4, -0.2) is 44.4 Å². The van der Waals surface area contributed by atoms with Crippen molar-refractivity contribution >= 4 is 32.7 Å². The van der Waals surface area contributed by atoms with Crippen LogP contribution in [0.4, 0.5) is 0 Å². The number of carboxylic acids is 1. The third kappa shape index (κ3) is 6.94. The number of aliphatic carboxylic acids is 1. The number of sulfone groups is 1. The molecule has 0 bridgehead atoms. The highest BCUT2D eigenvalue weighted by Gasteiger charge is 2.20. The van der Waals surface area contributed by atoms with Gasteiger partial charge >= 0.3 is 5.97 Å². The van der Waals surface area contributed by atoms with E-state index in [4.69, 9.17) is 4.74 Å². The summed E-state index contributed by atoms with van der Waals surface area (Å²) in [6.45, 7) is 0.543. The fraction of sp³-hybridized carbons (Fsp3) is 0.208. The Morgan fingerprint density at radius 2 is 1.68 bits per heavy atom. The van der Waals surface area contributed by atoms with Gasteiger partial charge in [0, 0.05) is 23.8 Å². The second-order valence-electron chi connectivity index (χ2n) is 7.04. The summed E-state index contributed by atoms with van der Waals surface area (Å²) in [5, 5.41) is 15.5. The molecule has 162 valence electrons. The van der Waals surface area contributed by atoms with Crippen molar-refractivity contribution in [2.45, 2.75) is 12.5 Å². The number of hydrogen-bond acceptors (Lipinski definition) is 5. The summed E-state index contributed by atoms with van der Waals surface area (Å²) in [5.74, 6) is -0.620. The molecule has 0 heterocycles. The van der Waals surface area contributed by atoms with Crippen LogP contribution < -0.4 is 10.1 Å². The van der Waals surface area contributed by atoms with Crippen LogP contribution in [0.2, 0.25) is 0 Å². The second kappa shape index (κ2) is 10.7. The van der Waals surface area contributed by atoms with Crippen LogP contribution in [0.3, 0.4) is 0 Å². The first kappa shape index (κ1) is 22.5. The lowest BCUT2D eigenvalue weighted by atomic mass is 10.1. The monoisotopic (exact) mass is 439 g/mol. The first-order chi connectivity index (χ1) is 14.9. The van der Waals surface area contributed by atoms with Gasteiger partial charge in [-0.05, 0) is 29.6 Å². The normalized spacial score (nSPS) is 12.8. The van der Waals surface area contributed by atoms with Crippen LogP contribution in [0.15, 0.2) is 78.2 Å². The summed E-state index contributed by atoms with van der Waals surface area (Å²) < 4.78 is 30.0. The van der Waals surface area contributed by atoms with Crippen molar-refractivity contribution < 1.29 is 23.1 Å². The Morgan fingerprint density at radius 3 is 2.45 bits per heavy atom. The molecule has 0 spiro atoms. The Morgan fingerprint density at radius 1 is 0.968 bits per heavy atom. The Balaban J connectivity index is 1.49. The van der Waals surface area contributed by atoms with Gasteiger partial charge in [0.15, 0.2) is 15.9 Å². The van der Waals surface area contributed by atoms with E-state index in [0.29, 0.717) is 12.3 Å². The van der Waals surface area contributed by atoms with Gasteiger partial charge in [0.05, 0.1) is 5.75 Å². The lowest BCUT2D eigenvalue weighted by Gasteiger charge is -2.17. The molecule has 3 aromatic carbocycles. The summed E-state index contributed by atoms with van der Waals surface area (Å²) >= 11 is 0. The van der Waals surface area contributed by atoms with Crippen LogP contribution in [0.5, 0.6) is 5.75 Å². The van der Waals surface area contributed by atoms with Gasteiger partial charge in [0.2, 0.25) is 0 Å². The summed E-state index contributed by atoms with van der Waals surface area (Å²) in [6, 6.07) is 22.3. The zero-order chi connectivity index (χ0) is 22.1. The lowest BCUT2D eigenvalue weighted by molar-refractivity contribution is -0.145. The lowest BCUT2D eigenvalue weighted by Crippen LogP contribution is -2.32. The van der Waals surface area contributed by atoms with Crippen molar-refractivity contribution in [2.24, 2.45) is 0 Å². The van der Waals surface area contributed by atoms with E-state index in [1.807, 2.05) is 66.7 Å². The fourth-order valence-corrected chi connectivity index (χ4v) is 4.00. The number of carboxylic acid groups (broad SMARTS) is 1. The van der Waals surface area contributed by atoms with Crippen molar-refractivity contribution in [1.82, 2.24) is 5.32 Å². The molecule has 31 heavy (non-hydrogen) atoms. The Kier molecular flexibility index (Phi) is 7.81. The summed E-state index contributed by atoms with van der Waals surface area (Å²) in [5.41, 5.74) is 0.814. The predicted molar refractivity (Wildman–Crippen MR) is 123 cm³/mol. The molecule has 0 fully saturated rings. The Labute approximate surface area is 182 Å². The molecule has 1 atom stereocenters. The molecule has 0 saturated heterocycles. The fourth-order valence-electron chi connectivity index (χ4n) is 3.07. The third-order valence-corrected chi connectivity index (χ3v) is 6.03. The number of nitrogens with one attached hydrogen (secondary N) is 1. The van der Waals surface area contributed by atoms with Crippen LogP contribution in [-0.2, 0) is 14.6 Å². The number of rotatable bonds is 11. The molecule has 0 radical (unpaired) electrons. The zero-order valence-corrected chi connectivity index (χ0v) is 17.8. The molecule has 0 aromatic heterocycles. The maximum atomic E-state index is 12.1. The molecule has 6 nitrogen and oxygen atoms in total. The summed E-state index contributed by atoms with van der Waals surface area (Å²) in [6.07, 6.45) is 0.736. The van der Waals surface area contributed by atoms with E-state index in [2.05, 4.69) is 5.32 Å². The highest BCUT2D eigenvalue weighted by molar-refractivity contribution is 7.94. The van der Waals surface area contributed by atoms with Crippen LogP contribution >= 0.6 is 0 Å². The van der Waals surface area contributed by atoms with Crippen LogP contribution in [0.25, 0.3) is 16.8 Å². The molecule has 0 aliphatic heterocycles. The Hall–Kier alpha value is -3.16. The van der Waals surface area contributed by atoms with Gasteiger partial charge in [-0.2, -0.15) is 0 Å². The molecular weight excluding hydrogens is 414 g/mol. The van der Waals surface area contributed by atoms with Crippen molar-refractivity contribution in [3.05, 3.63) is 83.8 Å². The highest BCUT2D eigenvalue weighted by atomic mass is 32.2. The van der Waals surface area contributed by atoms with Gasteiger partial charge in [0.1, 0.15) is 5.75 Å². The van der Waals surface area contributed by atoms with Gasteiger partial charge in [-0.15, -0.1) is 0 Å². The summed E-state index contributed by atoms with van der Waals surface area (Å²) in [7, 11) is -3.36. The van der Waals surface area contributed by atoms with E-state index in [0.717, 1.165) is 16.3 Å². The molecule has 3 aromatic rings. The minimum Gasteiger partial charge on any atom is -0.479 e.